The second-order valence-corrected chi connectivity index (χ2v) is 8.07. The summed E-state index contributed by atoms with van der Waals surface area (Å²) in [4.78, 5) is 10.7. The van der Waals surface area contributed by atoms with Gasteiger partial charge in [-0.1, -0.05) is 104 Å². The summed E-state index contributed by atoms with van der Waals surface area (Å²) < 4.78 is 0. The number of aliphatic carboxylic acids is 1. The van der Waals surface area contributed by atoms with E-state index < -0.39 is 18.2 Å². The van der Waals surface area contributed by atoms with Crippen molar-refractivity contribution in [1.29, 1.82) is 0 Å². The van der Waals surface area contributed by atoms with Crippen molar-refractivity contribution in [2.24, 2.45) is 11.8 Å². The van der Waals surface area contributed by atoms with E-state index in [0.29, 0.717) is 5.57 Å². The van der Waals surface area contributed by atoms with Gasteiger partial charge in [0, 0.05) is 17.4 Å². The van der Waals surface area contributed by atoms with Crippen molar-refractivity contribution in [3.63, 3.8) is 0 Å². The van der Waals surface area contributed by atoms with Crippen LogP contribution in [0.2, 0.25) is 0 Å². The molecule has 4 nitrogen and oxygen atoms in total. The van der Waals surface area contributed by atoms with E-state index in [2.05, 4.69) is 0 Å². The highest BCUT2D eigenvalue weighted by Crippen LogP contribution is 2.19. The molecule has 0 fully saturated rings. The zero-order chi connectivity index (χ0) is 24.4. The minimum atomic E-state index is -0.919. The first-order valence-electron chi connectivity index (χ1n) is 11.1. The first-order valence-corrected chi connectivity index (χ1v) is 11.1. The lowest BCUT2D eigenvalue weighted by Gasteiger charge is -2.25. The number of rotatable bonds is 14. The molecule has 0 aliphatic rings. The van der Waals surface area contributed by atoms with Crippen molar-refractivity contribution < 1.29 is 20.1 Å². The Morgan fingerprint density at radius 2 is 1.31 bits per heavy atom. The van der Waals surface area contributed by atoms with Gasteiger partial charge >= 0.3 is 5.97 Å². The molecule has 4 atom stereocenters. The smallest absolute Gasteiger partial charge is 0.331 e. The zero-order valence-electron chi connectivity index (χ0n) is 20.1. The minimum absolute atomic E-state index is 0.0661. The van der Waals surface area contributed by atoms with Crippen LogP contribution in [0.4, 0.5) is 0 Å². The molecule has 0 aromatic carbocycles. The topological polar surface area (TPSA) is 77.8 Å². The number of aliphatic hydroxyl groups excluding tert-OH is 2. The molecule has 0 saturated heterocycles. The van der Waals surface area contributed by atoms with Gasteiger partial charge in [-0.3, -0.25) is 0 Å². The average Bonchev–Trinajstić information content (AvgIpc) is 2.75. The van der Waals surface area contributed by atoms with E-state index in [1.807, 2.05) is 82.4 Å². The summed E-state index contributed by atoms with van der Waals surface area (Å²) in [6.45, 7) is 9.41. The molecule has 0 aliphatic carbocycles. The first kappa shape index (κ1) is 29.3. The molecule has 4 unspecified atom stereocenters. The van der Waals surface area contributed by atoms with Gasteiger partial charge in [-0.15, -0.1) is 0 Å². The van der Waals surface area contributed by atoms with Gasteiger partial charge in [-0.05, 0) is 33.6 Å². The van der Waals surface area contributed by atoms with E-state index in [-0.39, 0.29) is 11.8 Å². The van der Waals surface area contributed by atoms with Crippen LogP contribution in [-0.4, -0.2) is 33.5 Å². The Balaban J connectivity index is 4.38. The Morgan fingerprint density at radius 3 is 1.97 bits per heavy atom. The van der Waals surface area contributed by atoms with Crippen molar-refractivity contribution in [2.45, 2.75) is 59.7 Å². The molecule has 0 saturated carbocycles. The number of hydrogen-bond acceptors (Lipinski definition) is 3. The van der Waals surface area contributed by atoms with E-state index in [1.54, 1.807) is 37.3 Å². The van der Waals surface area contributed by atoms with Crippen molar-refractivity contribution in [2.75, 3.05) is 0 Å². The fraction of sp³-hybridized carbons (Fsp3) is 0.393. The summed E-state index contributed by atoms with van der Waals surface area (Å²) in [7, 11) is 0. The fourth-order valence-corrected chi connectivity index (χ4v) is 2.60. The monoisotopic (exact) mass is 440 g/mol. The average molecular weight is 441 g/mol. The largest absolute Gasteiger partial charge is 0.478 e. The van der Waals surface area contributed by atoms with Crippen LogP contribution in [0.15, 0.2) is 96.2 Å². The third-order valence-corrected chi connectivity index (χ3v) is 4.78. The second-order valence-electron chi connectivity index (χ2n) is 8.07. The molecule has 176 valence electrons. The van der Waals surface area contributed by atoms with Gasteiger partial charge < -0.3 is 15.3 Å². The van der Waals surface area contributed by atoms with Gasteiger partial charge in [0.2, 0.25) is 0 Å². The normalized spacial score (nSPS) is 17.3. The molecule has 0 spiro atoms. The number of carboxylic acid groups (broad SMARTS) is 1. The molecule has 0 amide bonds. The molecule has 4 heteroatoms. The number of hydrogen-bond donors (Lipinski definition) is 3. The molecule has 3 N–H and O–H groups in total. The lowest BCUT2D eigenvalue weighted by Crippen LogP contribution is -2.32. The first-order chi connectivity index (χ1) is 15.2. The van der Waals surface area contributed by atoms with Crippen LogP contribution in [0.5, 0.6) is 0 Å². The lowest BCUT2D eigenvalue weighted by molar-refractivity contribution is -0.132. The standard InChI is InChI=1S/C28H40O4/c1-22(2)18-14-10-9-13-17-21-26(29)25(5)27(30)23(3)19-15-11-7-6-8-12-16-20-24(4)28(31)32/h6,8-10,12-21,23,25-27,29-30H,7,11H2,1-5H3,(H,31,32)/b8-6+,13-9+,14-10+,16-12+,19-15+,21-17+,24-20+. The van der Waals surface area contributed by atoms with E-state index in [4.69, 9.17) is 5.11 Å². The second kappa shape index (κ2) is 17.9. The van der Waals surface area contributed by atoms with E-state index in [9.17, 15) is 15.0 Å². The van der Waals surface area contributed by atoms with Crippen molar-refractivity contribution >= 4 is 5.97 Å². The quantitative estimate of drug-likeness (QED) is 0.132. The highest BCUT2D eigenvalue weighted by atomic mass is 16.4. The summed E-state index contributed by atoms with van der Waals surface area (Å²) in [5, 5.41) is 29.6. The van der Waals surface area contributed by atoms with Crippen LogP contribution >= 0.6 is 0 Å². The minimum Gasteiger partial charge on any atom is -0.478 e. The summed E-state index contributed by atoms with van der Waals surface area (Å²) in [6.07, 6.45) is 26.4. The van der Waals surface area contributed by atoms with Crippen molar-refractivity contribution in [3.8, 4) is 0 Å². The molecule has 0 aromatic heterocycles. The molecule has 0 aliphatic heterocycles. The van der Waals surface area contributed by atoms with Gasteiger partial charge in [-0.2, -0.15) is 0 Å². The molecular weight excluding hydrogens is 400 g/mol. The Labute approximate surface area is 194 Å². The van der Waals surface area contributed by atoms with Crippen LogP contribution in [0.1, 0.15) is 47.5 Å². The molecule has 32 heavy (non-hydrogen) atoms. The van der Waals surface area contributed by atoms with Crippen LogP contribution in [0, 0.1) is 11.8 Å². The lowest BCUT2D eigenvalue weighted by atomic mass is 9.88. The molecule has 0 rings (SSSR count). The Morgan fingerprint density at radius 1 is 0.750 bits per heavy atom. The highest BCUT2D eigenvalue weighted by Gasteiger charge is 2.24. The van der Waals surface area contributed by atoms with Crippen molar-refractivity contribution in [1.82, 2.24) is 0 Å². The maximum Gasteiger partial charge on any atom is 0.331 e. The summed E-state index contributed by atoms with van der Waals surface area (Å²) in [5.74, 6) is -1.27. The number of carbonyl (C=O) groups is 1. The summed E-state index contributed by atoms with van der Waals surface area (Å²) in [6, 6.07) is 0. The predicted octanol–water partition coefficient (Wildman–Crippen LogP) is 6.09. The third-order valence-electron chi connectivity index (χ3n) is 4.78. The summed E-state index contributed by atoms with van der Waals surface area (Å²) >= 11 is 0. The van der Waals surface area contributed by atoms with Crippen LogP contribution < -0.4 is 0 Å². The molecule has 0 heterocycles. The highest BCUT2D eigenvalue weighted by molar-refractivity contribution is 5.86. The number of unbranched alkanes of at least 4 members (excludes halogenated alkanes) is 1. The maximum atomic E-state index is 10.7. The molecule has 0 aromatic rings. The molecule has 0 bridgehead atoms. The Hall–Kier alpha value is -2.69. The van der Waals surface area contributed by atoms with Gasteiger partial charge in [0.25, 0.3) is 0 Å². The third kappa shape index (κ3) is 15.2. The number of aliphatic hydroxyl groups is 2. The maximum absolute atomic E-state index is 10.7. The van der Waals surface area contributed by atoms with Crippen LogP contribution in [0.25, 0.3) is 0 Å². The van der Waals surface area contributed by atoms with Crippen LogP contribution in [0.3, 0.4) is 0 Å². The molecule has 0 radical (unpaired) electrons. The Kier molecular flexibility index (Phi) is 16.4. The van der Waals surface area contributed by atoms with Gasteiger partial charge in [-0.25, -0.2) is 4.79 Å². The SMILES string of the molecule is CC(C)=C/C=C/C=C/C=C/C(O)C(C)C(O)C(C)/C=C/CC/C=C/C=C/C=C(\C)C(=O)O. The van der Waals surface area contributed by atoms with Gasteiger partial charge in [0.05, 0.1) is 12.2 Å². The van der Waals surface area contributed by atoms with E-state index in [0.717, 1.165) is 12.8 Å². The Bertz CT molecular complexity index is 771. The summed E-state index contributed by atoms with van der Waals surface area (Å²) in [5.41, 5.74) is 1.53. The van der Waals surface area contributed by atoms with Gasteiger partial charge in [0.1, 0.15) is 0 Å². The zero-order valence-corrected chi connectivity index (χ0v) is 20.1. The molecular formula is C28H40O4. The predicted molar refractivity (Wildman–Crippen MR) is 135 cm³/mol. The fourth-order valence-electron chi connectivity index (χ4n) is 2.60. The number of carboxylic acids is 1. The van der Waals surface area contributed by atoms with Crippen molar-refractivity contribution in [3.05, 3.63) is 96.2 Å². The number of allylic oxidation sites excluding steroid dienone is 13. The van der Waals surface area contributed by atoms with E-state index >= 15 is 0 Å². The van der Waals surface area contributed by atoms with Gasteiger partial charge in [0.15, 0.2) is 0 Å². The van der Waals surface area contributed by atoms with Crippen LogP contribution in [-0.2, 0) is 4.79 Å². The van der Waals surface area contributed by atoms with E-state index in [1.165, 1.54) is 5.57 Å².